The first-order valence-electron chi connectivity index (χ1n) is 13.2. The summed E-state index contributed by atoms with van der Waals surface area (Å²) in [7, 11) is 0. The van der Waals surface area contributed by atoms with E-state index in [2.05, 4.69) is 108 Å². The number of aromatic nitrogens is 1. The molecule has 0 spiro atoms. The summed E-state index contributed by atoms with van der Waals surface area (Å²) in [4.78, 5) is 13.6. The van der Waals surface area contributed by atoms with Crippen LogP contribution in [0.5, 0.6) is 0 Å². The molecule has 0 fully saturated rings. The van der Waals surface area contributed by atoms with Crippen LogP contribution >= 0.6 is 0 Å². The largest absolute Gasteiger partial charge is 0.309 e. The van der Waals surface area contributed by atoms with Crippen molar-refractivity contribution in [2.24, 2.45) is 0 Å². The zero-order chi connectivity index (χ0) is 25.9. The van der Waals surface area contributed by atoms with Gasteiger partial charge in [-0.25, -0.2) is 0 Å². The molecule has 1 heterocycles. The molecule has 0 aliphatic heterocycles. The summed E-state index contributed by atoms with van der Waals surface area (Å²) < 4.78 is 2.38. The number of hydrogen-bond donors (Lipinski definition) is 0. The number of fused-ring (bicyclic) bond motifs is 6. The molecule has 0 saturated carbocycles. The molecule has 182 valence electrons. The van der Waals surface area contributed by atoms with Crippen LogP contribution in [0.15, 0.2) is 144 Å². The molecule has 0 unspecified atom stereocenters. The first kappa shape index (κ1) is 21.8. The predicted octanol–water partition coefficient (Wildman–Crippen LogP) is 9.27. The fourth-order valence-corrected chi connectivity index (χ4v) is 6.25. The fraction of sp³-hybridized carbons (Fsp3) is 0. The highest BCUT2D eigenvalue weighted by atomic mass is 16.1. The van der Waals surface area contributed by atoms with Crippen LogP contribution in [0, 0.1) is 0 Å². The van der Waals surface area contributed by atoms with E-state index in [9.17, 15) is 4.79 Å². The first-order chi connectivity index (χ1) is 19.3. The van der Waals surface area contributed by atoms with Crippen molar-refractivity contribution in [3.8, 4) is 16.8 Å². The highest BCUT2D eigenvalue weighted by molar-refractivity contribution is 6.12. The van der Waals surface area contributed by atoms with Gasteiger partial charge in [-0.3, -0.25) is 4.79 Å². The van der Waals surface area contributed by atoms with Gasteiger partial charge in [-0.05, 0) is 45.5 Å². The van der Waals surface area contributed by atoms with Crippen molar-refractivity contribution in [3.63, 3.8) is 0 Å². The second kappa shape index (κ2) is 8.41. The Hall–Kier alpha value is -5.21. The normalized spacial score (nSPS) is 11.7. The molecule has 0 N–H and O–H groups in total. The van der Waals surface area contributed by atoms with E-state index in [4.69, 9.17) is 0 Å². The Morgan fingerprint density at radius 1 is 0.359 bits per heavy atom. The van der Waals surface area contributed by atoms with Crippen molar-refractivity contribution in [2.75, 3.05) is 0 Å². The Labute approximate surface area is 225 Å². The van der Waals surface area contributed by atoms with E-state index in [0.717, 1.165) is 43.7 Å². The maximum absolute atomic E-state index is 13.6. The molecular formula is C37H23NO. The van der Waals surface area contributed by atoms with Gasteiger partial charge in [0.2, 0.25) is 0 Å². The third kappa shape index (κ3) is 3.19. The smallest absolute Gasteiger partial charge is 0.194 e. The van der Waals surface area contributed by atoms with E-state index < -0.39 is 0 Å². The minimum absolute atomic E-state index is 0.0682. The predicted molar refractivity (Wildman–Crippen MR) is 165 cm³/mol. The zero-order valence-corrected chi connectivity index (χ0v) is 21.1. The minimum atomic E-state index is 0.0682. The molecule has 0 aliphatic rings. The maximum atomic E-state index is 13.6. The average Bonchev–Trinajstić information content (AvgIpc) is 3.25. The van der Waals surface area contributed by atoms with Crippen molar-refractivity contribution < 1.29 is 0 Å². The zero-order valence-electron chi connectivity index (χ0n) is 21.1. The highest BCUT2D eigenvalue weighted by Gasteiger charge is 2.16. The van der Waals surface area contributed by atoms with Crippen LogP contribution in [0.3, 0.4) is 0 Å². The molecule has 2 heteroatoms. The number of nitrogens with zero attached hydrogens (tertiary/aromatic N) is 1. The molecule has 0 aliphatic carbocycles. The van der Waals surface area contributed by atoms with Gasteiger partial charge in [-0.15, -0.1) is 0 Å². The van der Waals surface area contributed by atoms with Gasteiger partial charge >= 0.3 is 0 Å². The first-order valence-corrected chi connectivity index (χ1v) is 13.2. The van der Waals surface area contributed by atoms with Gasteiger partial charge in [0.1, 0.15) is 0 Å². The number of hydrogen-bond acceptors (Lipinski definition) is 1. The standard InChI is InChI=1S/C37H23NO/c39-37-25-11-2-1-10-24(25)22-23-29-27(15-8-18-33(29)37)26-14-7-17-30-28(26)16-9-21-36(30)38-34-19-5-3-12-31(34)32-13-4-6-20-35(32)38/h1-23H. The molecule has 0 radical (unpaired) electrons. The summed E-state index contributed by atoms with van der Waals surface area (Å²) in [6.07, 6.45) is 0. The molecule has 0 amide bonds. The lowest BCUT2D eigenvalue weighted by molar-refractivity contribution is 1.20. The summed E-state index contributed by atoms with van der Waals surface area (Å²) in [6, 6.07) is 48.3. The molecule has 2 nitrogen and oxygen atoms in total. The van der Waals surface area contributed by atoms with Gasteiger partial charge in [-0.2, -0.15) is 0 Å². The van der Waals surface area contributed by atoms with Crippen molar-refractivity contribution in [1.29, 1.82) is 0 Å². The third-order valence-electron chi connectivity index (χ3n) is 8.00. The molecule has 0 saturated heterocycles. The summed E-state index contributed by atoms with van der Waals surface area (Å²) in [5.74, 6) is 0. The van der Waals surface area contributed by atoms with Crippen LogP contribution in [-0.2, 0) is 0 Å². The molecule has 1 aromatic heterocycles. The molecular weight excluding hydrogens is 474 g/mol. The minimum Gasteiger partial charge on any atom is -0.309 e. The van der Waals surface area contributed by atoms with Gasteiger partial charge in [0, 0.05) is 26.9 Å². The Morgan fingerprint density at radius 3 is 1.59 bits per heavy atom. The number of para-hydroxylation sites is 2. The SMILES string of the molecule is O=c1c2ccccc2ccc2c(-c3cccc4c(-n5c6ccccc6c6ccccc65)cccc34)cccc12. The summed E-state index contributed by atoms with van der Waals surface area (Å²) >= 11 is 0. The topological polar surface area (TPSA) is 22.0 Å². The Kier molecular flexibility index (Phi) is 4.71. The second-order valence-corrected chi connectivity index (χ2v) is 10.1. The molecule has 39 heavy (non-hydrogen) atoms. The Balaban J connectivity index is 1.46. The van der Waals surface area contributed by atoms with Gasteiger partial charge in [0.05, 0.1) is 16.7 Å². The fourth-order valence-electron chi connectivity index (χ4n) is 6.25. The molecule has 8 rings (SSSR count). The molecule has 0 bridgehead atoms. The average molecular weight is 498 g/mol. The Morgan fingerprint density at radius 2 is 0.872 bits per heavy atom. The number of rotatable bonds is 2. The highest BCUT2D eigenvalue weighted by Crippen LogP contribution is 2.38. The lowest BCUT2D eigenvalue weighted by Crippen LogP contribution is -1.99. The summed E-state index contributed by atoms with van der Waals surface area (Å²) in [5, 5.41) is 8.24. The summed E-state index contributed by atoms with van der Waals surface area (Å²) in [6.45, 7) is 0. The second-order valence-electron chi connectivity index (χ2n) is 10.1. The molecule has 8 aromatic rings. The van der Waals surface area contributed by atoms with Crippen LogP contribution < -0.4 is 5.43 Å². The van der Waals surface area contributed by atoms with Crippen LogP contribution in [0.1, 0.15) is 0 Å². The van der Waals surface area contributed by atoms with Gasteiger partial charge in [-0.1, -0.05) is 121 Å². The summed E-state index contributed by atoms with van der Waals surface area (Å²) in [5.41, 5.74) is 5.78. The van der Waals surface area contributed by atoms with Crippen LogP contribution in [0.2, 0.25) is 0 Å². The van der Waals surface area contributed by atoms with E-state index in [1.807, 2.05) is 36.4 Å². The lowest BCUT2D eigenvalue weighted by Gasteiger charge is -2.15. The van der Waals surface area contributed by atoms with E-state index in [1.165, 1.54) is 27.2 Å². The van der Waals surface area contributed by atoms with E-state index in [-0.39, 0.29) is 5.43 Å². The Bertz CT molecular complexity index is 2260. The molecule has 7 aromatic carbocycles. The van der Waals surface area contributed by atoms with Crippen LogP contribution in [0.25, 0.3) is 70.9 Å². The van der Waals surface area contributed by atoms with E-state index >= 15 is 0 Å². The molecule has 0 atom stereocenters. The van der Waals surface area contributed by atoms with Gasteiger partial charge < -0.3 is 4.57 Å². The quantitative estimate of drug-likeness (QED) is 0.233. The number of benzene rings is 6. The monoisotopic (exact) mass is 497 g/mol. The van der Waals surface area contributed by atoms with Gasteiger partial charge in [0.15, 0.2) is 5.43 Å². The van der Waals surface area contributed by atoms with Crippen molar-refractivity contribution in [1.82, 2.24) is 4.57 Å². The van der Waals surface area contributed by atoms with Gasteiger partial charge in [0.25, 0.3) is 0 Å². The van der Waals surface area contributed by atoms with Crippen molar-refractivity contribution >= 4 is 54.1 Å². The van der Waals surface area contributed by atoms with Crippen LogP contribution in [0.4, 0.5) is 0 Å². The van der Waals surface area contributed by atoms with Crippen molar-refractivity contribution in [2.45, 2.75) is 0 Å². The third-order valence-corrected chi connectivity index (χ3v) is 8.00. The van der Waals surface area contributed by atoms with Crippen LogP contribution in [-0.4, -0.2) is 4.57 Å². The lowest BCUT2D eigenvalue weighted by atomic mass is 9.94. The van der Waals surface area contributed by atoms with E-state index in [0.29, 0.717) is 0 Å². The maximum Gasteiger partial charge on any atom is 0.194 e. The van der Waals surface area contributed by atoms with Crippen molar-refractivity contribution in [3.05, 3.63) is 150 Å². The van der Waals surface area contributed by atoms with E-state index in [1.54, 1.807) is 0 Å².